The Balaban J connectivity index is 0.00000200. The highest BCUT2D eigenvalue weighted by atomic mass is 35.5. The molecule has 1 aromatic rings. The lowest BCUT2D eigenvalue weighted by molar-refractivity contribution is -0.132. The molecule has 2 heterocycles. The minimum atomic E-state index is -0.742. The summed E-state index contributed by atoms with van der Waals surface area (Å²) in [6.45, 7) is 0.586. The van der Waals surface area contributed by atoms with Crippen LogP contribution in [0.5, 0.6) is 0 Å². The quantitative estimate of drug-likeness (QED) is 0.757. The second-order valence-corrected chi connectivity index (χ2v) is 6.21. The Labute approximate surface area is 132 Å². The number of hydrogen-bond acceptors (Lipinski definition) is 5. The lowest BCUT2D eigenvalue weighted by atomic mass is 10.2. The van der Waals surface area contributed by atoms with Crippen LogP contribution in [-0.4, -0.2) is 36.3 Å². The Kier molecular flexibility index (Phi) is 7.22. The van der Waals surface area contributed by atoms with Crippen LogP contribution in [0.2, 0.25) is 4.34 Å². The van der Waals surface area contributed by atoms with Gasteiger partial charge in [0.05, 0.1) is 10.4 Å². The van der Waals surface area contributed by atoms with Crippen LogP contribution >= 0.6 is 35.3 Å². The van der Waals surface area contributed by atoms with Crippen LogP contribution in [0.15, 0.2) is 12.1 Å². The predicted octanol–water partition coefficient (Wildman–Crippen LogP) is 1.48. The van der Waals surface area contributed by atoms with Gasteiger partial charge in [-0.1, -0.05) is 11.6 Å². The number of nitrogens with two attached hydrogens (primary N) is 1. The molecular formula is C12H18Cl2N2O3S. The number of nitrogens with one attached hydrogen (secondary N) is 1. The van der Waals surface area contributed by atoms with Gasteiger partial charge in [-0.3, -0.25) is 4.79 Å². The van der Waals surface area contributed by atoms with Gasteiger partial charge < -0.3 is 20.9 Å². The van der Waals surface area contributed by atoms with E-state index < -0.39 is 12.2 Å². The van der Waals surface area contributed by atoms with Crippen molar-refractivity contribution in [1.82, 2.24) is 5.32 Å². The minimum Gasteiger partial charge on any atom is -0.386 e. The topological polar surface area (TPSA) is 84.6 Å². The molecule has 5 nitrogen and oxygen atoms in total. The number of aliphatic hydroxyl groups excluding tert-OH is 1. The molecule has 1 fully saturated rings. The van der Waals surface area contributed by atoms with Gasteiger partial charge in [0, 0.05) is 18.0 Å². The van der Waals surface area contributed by atoms with Crippen molar-refractivity contribution >= 4 is 41.3 Å². The molecule has 1 aliphatic rings. The number of ether oxygens (including phenoxy) is 1. The van der Waals surface area contributed by atoms with Crippen molar-refractivity contribution in [3.63, 3.8) is 0 Å². The standard InChI is InChI=1S/C12H17ClN2O3S.ClH/c13-11-4-3-10(19-11)8(16)6-15-12(17)9-2-1-7(5-14)18-9;/h3-4,7-9,16H,1-2,5-6,14H2,(H,15,17);1H/t7-,8?,9+;/m1./s1. The largest absolute Gasteiger partial charge is 0.386 e. The molecule has 0 spiro atoms. The Hall–Kier alpha value is -0.370. The molecule has 8 heteroatoms. The van der Waals surface area contributed by atoms with Crippen LogP contribution in [0.3, 0.4) is 0 Å². The smallest absolute Gasteiger partial charge is 0.249 e. The number of carbonyl (C=O) groups is 1. The highest BCUT2D eigenvalue weighted by Gasteiger charge is 2.29. The normalized spacial score (nSPS) is 23.1. The van der Waals surface area contributed by atoms with E-state index in [2.05, 4.69) is 5.32 Å². The average Bonchev–Trinajstić information content (AvgIpc) is 3.04. The van der Waals surface area contributed by atoms with E-state index in [0.29, 0.717) is 17.3 Å². The summed E-state index contributed by atoms with van der Waals surface area (Å²) in [5, 5.41) is 12.6. The second kappa shape index (κ2) is 8.17. The molecule has 0 saturated carbocycles. The molecule has 0 aromatic carbocycles. The van der Waals surface area contributed by atoms with Gasteiger partial charge in [-0.15, -0.1) is 23.7 Å². The summed E-state index contributed by atoms with van der Waals surface area (Å²) < 4.78 is 6.09. The molecule has 1 saturated heterocycles. The molecule has 1 aliphatic heterocycles. The van der Waals surface area contributed by atoms with Crippen molar-refractivity contribution in [2.75, 3.05) is 13.1 Å². The summed E-state index contributed by atoms with van der Waals surface area (Å²) in [5.41, 5.74) is 5.49. The van der Waals surface area contributed by atoms with Gasteiger partial charge in [0.1, 0.15) is 12.2 Å². The van der Waals surface area contributed by atoms with Crippen LogP contribution in [0.4, 0.5) is 0 Å². The molecule has 20 heavy (non-hydrogen) atoms. The minimum absolute atomic E-state index is 0. The lowest BCUT2D eigenvalue weighted by Gasteiger charge is -2.14. The molecule has 0 radical (unpaired) electrons. The molecule has 0 bridgehead atoms. The van der Waals surface area contributed by atoms with Gasteiger partial charge in [0.25, 0.3) is 0 Å². The Morgan fingerprint density at radius 1 is 1.60 bits per heavy atom. The van der Waals surface area contributed by atoms with Gasteiger partial charge in [-0.25, -0.2) is 0 Å². The zero-order chi connectivity index (χ0) is 13.8. The molecule has 2 rings (SSSR count). The van der Waals surface area contributed by atoms with Gasteiger partial charge in [0.15, 0.2) is 0 Å². The molecule has 114 valence electrons. The Morgan fingerprint density at radius 3 is 2.90 bits per heavy atom. The van der Waals surface area contributed by atoms with Gasteiger partial charge in [0.2, 0.25) is 5.91 Å². The molecule has 1 unspecified atom stereocenters. The van der Waals surface area contributed by atoms with Crippen LogP contribution in [-0.2, 0) is 9.53 Å². The molecule has 1 amide bonds. The first-order chi connectivity index (χ1) is 9.10. The predicted molar refractivity (Wildman–Crippen MR) is 81.5 cm³/mol. The lowest BCUT2D eigenvalue weighted by Crippen LogP contribution is -2.37. The van der Waals surface area contributed by atoms with Crippen LogP contribution in [0.1, 0.15) is 23.8 Å². The summed E-state index contributed by atoms with van der Waals surface area (Å²) in [6.07, 6.45) is 0.254. The zero-order valence-electron chi connectivity index (χ0n) is 10.8. The third-order valence-electron chi connectivity index (χ3n) is 3.05. The van der Waals surface area contributed by atoms with Crippen molar-refractivity contribution in [2.24, 2.45) is 5.73 Å². The number of aliphatic hydroxyl groups is 1. The Morgan fingerprint density at radius 2 is 2.35 bits per heavy atom. The maximum atomic E-state index is 11.8. The number of thiophene rings is 1. The van der Waals surface area contributed by atoms with Gasteiger partial charge in [-0.05, 0) is 25.0 Å². The number of amides is 1. The summed E-state index contributed by atoms with van der Waals surface area (Å²) >= 11 is 7.09. The van der Waals surface area contributed by atoms with Crippen LogP contribution < -0.4 is 11.1 Å². The molecule has 3 atom stereocenters. The molecule has 4 N–H and O–H groups in total. The van der Waals surface area contributed by atoms with Gasteiger partial charge in [-0.2, -0.15) is 0 Å². The maximum Gasteiger partial charge on any atom is 0.249 e. The summed E-state index contributed by atoms with van der Waals surface area (Å²) in [5.74, 6) is -0.197. The van der Waals surface area contributed by atoms with E-state index in [9.17, 15) is 9.90 Å². The van der Waals surface area contributed by atoms with Crippen molar-refractivity contribution < 1.29 is 14.6 Å². The highest BCUT2D eigenvalue weighted by Crippen LogP contribution is 2.26. The number of rotatable bonds is 5. The first-order valence-corrected chi connectivity index (χ1v) is 7.36. The van der Waals surface area contributed by atoms with Crippen LogP contribution in [0.25, 0.3) is 0 Å². The van der Waals surface area contributed by atoms with Gasteiger partial charge >= 0.3 is 0 Å². The SMILES string of the molecule is Cl.NC[C@H]1CC[C@@H](C(=O)NCC(O)c2ccc(Cl)s2)O1. The average molecular weight is 341 g/mol. The van der Waals surface area contributed by atoms with E-state index in [1.54, 1.807) is 12.1 Å². The Bertz CT molecular complexity index is 444. The molecular weight excluding hydrogens is 323 g/mol. The number of halogens is 2. The second-order valence-electron chi connectivity index (χ2n) is 4.46. The van der Waals surface area contributed by atoms with E-state index in [1.165, 1.54) is 11.3 Å². The highest BCUT2D eigenvalue weighted by molar-refractivity contribution is 7.16. The molecule has 0 aliphatic carbocycles. The molecule has 1 aromatic heterocycles. The summed E-state index contributed by atoms with van der Waals surface area (Å²) in [7, 11) is 0. The number of hydrogen-bond donors (Lipinski definition) is 3. The maximum absolute atomic E-state index is 11.8. The monoisotopic (exact) mass is 340 g/mol. The third kappa shape index (κ3) is 4.58. The van der Waals surface area contributed by atoms with Crippen LogP contribution in [0, 0.1) is 0 Å². The van der Waals surface area contributed by atoms with Crippen molar-refractivity contribution in [1.29, 1.82) is 0 Å². The summed E-state index contributed by atoms with van der Waals surface area (Å²) in [6, 6.07) is 3.47. The van der Waals surface area contributed by atoms with Crippen molar-refractivity contribution in [3.8, 4) is 0 Å². The number of carbonyl (C=O) groups excluding carboxylic acids is 1. The van der Waals surface area contributed by atoms with E-state index in [1.807, 2.05) is 0 Å². The van der Waals surface area contributed by atoms with E-state index >= 15 is 0 Å². The zero-order valence-corrected chi connectivity index (χ0v) is 13.1. The summed E-state index contributed by atoms with van der Waals surface area (Å²) in [4.78, 5) is 12.6. The van der Waals surface area contributed by atoms with Crippen molar-refractivity contribution in [2.45, 2.75) is 31.2 Å². The fraction of sp³-hybridized carbons (Fsp3) is 0.583. The fourth-order valence-electron chi connectivity index (χ4n) is 1.99. The van der Waals surface area contributed by atoms with E-state index in [0.717, 1.165) is 11.3 Å². The van der Waals surface area contributed by atoms with E-state index in [-0.39, 0.29) is 31.0 Å². The fourth-order valence-corrected chi connectivity index (χ4v) is 3.04. The third-order valence-corrected chi connectivity index (χ3v) is 4.39. The van der Waals surface area contributed by atoms with E-state index in [4.69, 9.17) is 22.1 Å². The van der Waals surface area contributed by atoms with Crippen molar-refractivity contribution in [3.05, 3.63) is 21.3 Å². The first-order valence-electron chi connectivity index (χ1n) is 6.16. The first kappa shape index (κ1) is 17.7.